The Labute approximate surface area is 796 Å². The molecule has 33 rings (SSSR count). The van der Waals surface area contributed by atoms with Gasteiger partial charge in [-0.2, -0.15) is 0 Å². The van der Waals surface area contributed by atoms with Crippen molar-refractivity contribution in [2.75, 3.05) is 16.8 Å². The smallest absolute Gasteiger partial charge is 0.453 e. The van der Waals surface area contributed by atoms with E-state index in [9.17, 15) is 0 Å². The van der Waals surface area contributed by atoms with Gasteiger partial charge in [0.2, 0.25) is 29.0 Å². The highest BCUT2D eigenvalue weighted by Gasteiger charge is 2.78. The lowest BCUT2D eigenvalue weighted by molar-refractivity contribution is -1.02. The molecule has 0 saturated carbocycles. The van der Waals surface area contributed by atoms with Crippen LogP contribution in [0.3, 0.4) is 0 Å². The maximum atomic E-state index is 6.69. The van der Waals surface area contributed by atoms with Crippen molar-refractivity contribution in [3.8, 4) is 118 Å². The molecule has 22 aromatic rings. The second-order valence-corrected chi connectivity index (χ2v) is 39.6. The maximum Gasteiger partial charge on any atom is 0.466 e. The number of likely N-dealkylation sites (N-methyl/N-ethyl adjacent to an activating group) is 1. The normalized spacial score (nSPS) is 17.5. The fraction of sp³-hybridized carbons (Fsp3) is 0.123. The van der Waals surface area contributed by atoms with Gasteiger partial charge in [-0.3, -0.25) is 0 Å². The van der Waals surface area contributed by atoms with Crippen LogP contribution in [0.15, 0.2) is 353 Å². The van der Waals surface area contributed by atoms with Crippen LogP contribution >= 0.6 is 0 Å². The quantitative estimate of drug-likeness (QED) is 0.156. The molecule has 138 heavy (non-hydrogen) atoms. The first-order valence-corrected chi connectivity index (χ1v) is 48.2. The van der Waals surface area contributed by atoms with Gasteiger partial charge in [0.05, 0.1) is 108 Å². The first-order valence-electron chi connectivity index (χ1n) is 48.2. The van der Waals surface area contributed by atoms with Gasteiger partial charge in [-0.25, -0.2) is 0 Å². The minimum atomic E-state index is -0.642. The van der Waals surface area contributed by atoms with Crippen LogP contribution in [0.25, 0.3) is 150 Å². The highest BCUT2D eigenvalue weighted by molar-refractivity contribution is 6.15. The van der Waals surface area contributed by atoms with E-state index in [2.05, 4.69) is 499 Å². The molecule has 4 atom stereocenters. The van der Waals surface area contributed by atoms with Crippen molar-refractivity contribution in [2.24, 2.45) is 0 Å². The fourth-order valence-electron chi connectivity index (χ4n) is 27.7. The van der Waals surface area contributed by atoms with Crippen LogP contribution in [0, 0.1) is 69.2 Å². The van der Waals surface area contributed by atoms with Crippen LogP contribution in [-0.4, -0.2) is 50.7 Å². The predicted molar refractivity (Wildman–Crippen MR) is 543 cm³/mol. The van der Waals surface area contributed by atoms with Gasteiger partial charge in [0.15, 0.2) is 39.9 Å². The van der Waals surface area contributed by atoms with Crippen LogP contribution in [0.5, 0.6) is 11.5 Å². The Morgan fingerprint density at radius 2 is 0.761 bits per heavy atom. The van der Waals surface area contributed by atoms with E-state index in [0.717, 1.165) is 22.9 Å². The number of rotatable bonds is 6. The molecule has 4 unspecified atom stereocenters. The molecule has 0 saturated heterocycles. The molecule has 16 nitrogen and oxygen atoms in total. The summed E-state index contributed by atoms with van der Waals surface area (Å²) in [6, 6.07) is 118. The molecule has 0 radical (unpaired) electrons. The van der Waals surface area contributed by atoms with Crippen LogP contribution in [0.1, 0.15) is 89.9 Å². The summed E-state index contributed by atoms with van der Waals surface area (Å²) in [7, 11) is 2.24. The Morgan fingerprint density at radius 3 is 1.36 bits per heavy atom. The summed E-state index contributed by atoms with van der Waals surface area (Å²) in [5.41, 5.74) is 52.5. The molecule has 11 aliphatic rings. The van der Waals surface area contributed by atoms with E-state index in [-0.39, 0.29) is 6.17 Å². The fourth-order valence-corrected chi connectivity index (χ4v) is 27.7. The van der Waals surface area contributed by atoms with Crippen LogP contribution in [0.4, 0.5) is 22.7 Å². The lowest BCUT2D eigenvalue weighted by Crippen LogP contribution is -2.76. The molecule has 0 bridgehead atoms. The van der Waals surface area contributed by atoms with Crippen LogP contribution in [0.2, 0.25) is 0 Å². The van der Waals surface area contributed by atoms with Gasteiger partial charge in [0.1, 0.15) is 34.1 Å². The van der Waals surface area contributed by atoms with E-state index in [1.165, 1.54) is 251 Å². The number of ether oxygens (including phenoxy) is 1. The van der Waals surface area contributed by atoms with Gasteiger partial charge < -0.3 is 28.6 Å². The third-order valence-electron chi connectivity index (χ3n) is 32.7. The van der Waals surface area contributed by atoms with Crippen molar-refractivity contribution in [2.45, 2.75) is 92.3 Å². The molecule has 16 heteroatoms. The predicted octanol–water partition coefficient (Wildman–Crippen LogP) is 23.8. The lowest BCUT2D eigenvalue weighted by Gasteiger charge is -2.38. The Balaban J connectivity index is 0.0000000959. The molecule has 15 aromatic carbocycles. The van der Waals surface area contributed by atoms with Gasteiger partial charge in [0.25, 0.3) is 5.54 Å². The SMILES string of the molecule is Cc1cc(-c2ccccc2)ccc1-c1c[n+]2n(c1C)-c1cccc3c1C21c2c(ccc4c5ccccc5n-3c24)-n2c(C)cc(C)[n+]21.Cc1cc(-c2ccccc2)ccc1-c1cn2[n+](c1C)C13c4c(cccc4-2)-n2c4ccccc4c4ccc(c1c42)N1C=CN(C)C13.Cc1cc(-c2ccccc2)ccc1-c1cn2[n+](c1C)C13c4c(cccc4-2)N2c4ccccc4Oc4ccc(c1c42)-n1c(C)cc(C)[n+]13. The van der Waals surface area contributed by atoms with Gasteiger partial charge >= 0.3 is 11.3 Å². The summed E-state index contributed by atoms with van der Waals surface area (Å²) in [4.78, 5) is 7.37. The summed E-state index contributed by atoms with van der Waals surface area (Å²) in [6.45, 7) is 22.6. The molecule has 0 fully saturated rings. The van der Waals surface area contributed by atoms with Gasteiger partial charge in [-0.1, -0.05) is 223 Å². The monoisotopic (exact) mass is 1780 g/mol. The largest absolute Gasteiger partial charge is 0.466 e. The molecule has 0 N–H and O–H groups in total. The van der Waals surface area contributed by atoms with E-state index < -0.39 is 16.9 Å². The number of nitrogens with zero attached hydrogens (tertiary/aromatic N) is 15. The van der Waals surface area contributed by atoms with Crippen LogP contribution < -0.4 is 37.9 Å². The summed E-state index contributed by atoms with van der Waals surface area (Å²) in [5, 5.41) is 5.24. The van der Waals surface area contributed by atoms with Gasteiger partial charge in [-0.15, -0.1) is 23.4 Å². The number of fused-ring (bicyclic) bond motifs is 23. The molecule has 656 valence electrons. The molecule has 0 aliphatic carbocycles. The number of hydrogen-bond acceptors (Lipinski definition) is 4. The zero-order valence-electron chi connectivity index (χ0n) is 78.2. The van der Waals surface area contributed by atoms with Gasteiger partial charge in [0, 0.05) is 80.8 Å². The Morgan fingerprint density at radius 1 is 0.304 bits per heavy atom. The van der Waals surface area contributed by atoms with Crippen molar-refractivity contribution in [3.05, 3.63) is 442 Å². The zero-order chi connectivity index (χ0) is 91.7. The Hall–Kier alpha value is -17.1. The number of anilines is 4. The maximum absolute atomic E-state index is 6.69. The number of hydrogen-bond donors (Lipinski definition) is 0. The molecule has 0 amide bonds. The third kappa shape index (κ3) is 8.82. The van der Waals surface area contributed by atoms with E-state index >= 15 is 0 Å². The highest BCUT2D eigenvalue weighted by Crippen LogP contribution is 2.66. The average Bonchev–Trinajstić information content (AvgIpc) is 1.47. The van der Waals surface area contributed by atoms with Gasteiger partial charge in [-0.05, 0) is 218 Å². The van der Waals surface area contributed by atoms with E-state index in [1.807, 2.05) is 0 Å². The molecular weight excluding hydrogens is 1690 g/mol. The Bertz CT molecular complexity index is 9450. The van der Waals surface area contributed by atoms with Crippen molar-refractivity contribution in [1.82, 2.24) is 37.4 Å². The number of para-hydroxylation sites is 4. The summed E-state index contributed by atoms with van der Waals surface area (Å²) in [6.07, 6.45) is 11.8. The van der Waals surface area contributed by atoms with Crippen molar-refractivity contribution in [1.29, 1.82) is 0 Å². The number of aromatic nitrogens is 12. The average molecular weight is 1780 g/mol. The third-order valence-corrected chi connectivity index (χ3v) is 32.7. The first-order chi connectivity index (χ1) is 67.6. The molecular formula is C122H92N15O+5. The minimum absolute atomic E-state index is 0.0824. The topological polar surface area (TPSA) is 72.9 Å². The lowest BCUT2D eigenvalue weighted by atomic mass is 9.77. The van der Waals surface area contributed by atoms with Crippen LogP contribution in [-0.2, 0) is 16.9 Å². The summed E-state index contributed by atoms with van der Waals surface area (Å²) >= 11 is 0. The summed E-state index contributed by atoms with van der Waals surface area (Å²) < 4.78 is 36.8. The van der Waals surface area contributed by atoms with Crippen molar-refractivity contribution >= 4 is 66.4 Å². The zero-order valence-corrected chi connectivity index (χ0v) is 78.2. The highest BCUT2D eigenvalue weighted by atomic mass is 16.5. The number of benzene rings is 15. The molecule has 11 aliphatic heterocycles. The van der Waals surface area contributed by atoms with Crippen molar-refractivity contribution < 1.29 is 28.1 Å². The van der Waals surface area contributed by atoms with Crippen molar-refractivity contribution in [3.63, 3.8) is 0 Å². The minimum Gasteiger partial charge on any atom is -0.453 e. The van der Waals surface area contributed by atoms with E-state index in [1.54, 1.807) is 0 Å². The standard InChI is InChI=1S/C41H31N5O.C41H31N5.C40H30N5/c1-24-21-29(28-11-6-5-7-12-28)17-18-30(24)31-23-42-33-14-10-15-34-38(33)41(46(42)27(31)4)39-35(44-25(2)22-26(3)45(41)44)19-20-37-40(39)43(34)32-13-8-9-16-36(32)47-37;1-24-21-29(28-11-6-5-7-12-28)17-18-30(24)33-23-42-41-38-35(15-10-16-36(38)45(42)27(33)4)43-34-14-9-8-13-31(34)32-19-20-37(39(41)40(32)43)44-25(2)22-26(3)46(41)44;1-24-22-27(26-10-5-4-6-11-26)16-17-28(24)31-23-43-34-14-9-15-35-36(34)40(45(43)25(31)2)37-33(42-21-20-41(3)39(40)42)19-18-30-29-12-7-8-13-32(29)44(35)38(30)37/h5-23H,1-4H3;5-23H,1-4H3;4-23,39H,1-3H3/q2*+2;+1. The Kier molecular flexibility index (Phi) is 14.4. The number of aryl methyl sites for hydroxylation is 7. The second kappa shape index (κ2) is 26.1. The second-order valence-electron chi connectivity index (χ2n) is 39.6. The molecule has 3 spiro atoms. The van der Waals surface area contributed by atoms with E-state index in [4.69, 9.17) is 4.74 Å². The first kappa shape index (κ1) is 76.3. The molecule has 7 aromatic heterocycles. The van der Waals surface area contributed by atoms with E-state index in [0.29, 0.717) is 0 Å². The summed E-state index contributed by atoms with van der Waals surface area (Å²) in [5.74, 6) is 1.76. The molecule has 18 heterocycles.